The van der Waals surface area contributed by atoms with Crippen LogP contribution in [0, 0.1) is 11.6 Å². The summed E-state index contributed by atoms with van der Waals surface area (Å²) in [5.41, 5.74) is 0.522. The molecular formula is C15H16ClF2NOS. The van der Waals surface area contributed by atoms with Gasteiger partial charge in [-0.25, -0.2) is 8.78 Å². The standard InChI is InChI=1S/C15H16ClF2NOS/c1-3-4-19-15(14-5-9(20-2)8-21-14)10-6-12(17)13(18)7-11(10)16/h5-8,15,19H,3-4H2,1-2H3. The van der Waals surface area contributed by atoms with Crippen molar-refractivity contribution in [1.82, 2.24) is 5.32 Å². The molecule has 0 aliphatic heterocycles. The zero-order chi connectivity index (χ0) is 15.4. The molecule has 0 bridgehead atoms. The highest BCUT2D eigenvalue weighted by molar-refractivity contribution is 7.10. The third kappa shape index (κ3) is 3.73. The Kier molecular flexibility index (Phi) is 5.56. The van der Waals surface area contributed by atoms with E-state index in [4.69, 9.17) is 16.3 Å². The summed E-state index contributed by atoms with van der Waals surface area (Å²) in [6, 6.07) is 3.74. The van der Waals surface area contributed by atoms with Crippen LogP contribution in [-0.4, -0.2) is 13.7 Å². The van der Waals surface area contributed by atoms with Gasteiger partial charge in [0, 0.05) is 15.3 Å². The number of hydrogen-bond donors (Lipinski definition) is 1. The summed E-state index contributed by atoms with van der Waals surface area (Å²) in [5, 5.41) is 5.38. The van der Waals surface area contributed by atoms with Crippen LogP contribution in [0.25, 0.3) is 0 Å². The molecule has 1 aromatic carbocycles. The third-order valence-corrected chi connectivity index (χ3v) is 4.37. The Morgan fingerprint density at radius 2 is 2.00 bits per heavy atom. The molecule has 2 rings (SSSR count). The second-order valence-corrected chi connectivity index (χ2v) is 5.91. The molecule has 0 saturated heterocycles. The van der Waals surface area contributed by atoms with Crippen molar-refractivity contribution in [2.24, 2.45) is 0 Å². The van der Waals surface area contributed by atoms with E-state index in [1.165, 1.54) is 11.3 Å². The number of halogens is 3. The van der Waals surface area contributed by atoms with Crippen molar-refractivity contribution in [3.63, 3.8) is 0 Å². The zero-order valence-electron chi connectivity index (χ0n) is 11.8. The molecule has 1 N–H and O–H groups in total. The van der Waals surface area contributed by atoms with Crippen molar-refractivity contribution < 1.29 is 13.5 Å². The first-order chi connectivity index (χ1) is 10.1. The lowest BCUT2D eigenvalue weighted by atomic mass is 10.0. The van der Waals surface area contributed by atoms with Crippen molar-refractivity contribution in [2.75, 3.05) is 13.7 Å². The Labute approximate surface area is 131 Å². The lowest BCUT2D eigenvalue weighted by Gasteiger charge is -2.19. The Bertz CT molecular complexity index is 618. The Morgan fingerprint density at radius 1 is 1.29 bits per heavy atom. The molecule has 0 aliphatic carbocycles. The number of benzene rings is 1. The second kappa shape index (κ2) is 7.20. The van der Waals surface area contributed by atoms with Gasteiger partial charge in [0.1, 0.15) is 5.75 Å². The molecule has 0 saturated carbocycles. The van der Waals surface area contributed by atoms with E-state index in [0.29, 0.717) is 5.56 Å². The molecule has 1 heterocycles. The minimum atomic E-state index is -0.943. The molecule has 0 aliphatic rings. The SMILES string of the molecule is CCCNC(c1cc(OC)cs1)c1cc(F)c(F)cc1Cl. The largest absolute Gasteiger partial charge is 0.496 e. The van der Waals surface area contributed by atoms with E-state index in [9.17, 15) is 8.78 Å². The molecule has 0 fully saturated rings. The average Bonchev–Trinajstić information content (AvgIpc) is 2.93. The van der Waals surface area contributed by atoms with E-state index < -0.39 is 11.6 Å². The van der Waals surface area contributed by atoms with E-state index >= 15 is 0 Å². The van der Waals surface area contributed by atoms with E-state index in [-0.39, 0.29) is 11.1 Å². The molecule has 0 amide bonds. The van der Waals surface area contributed by atoms with Crippen LogP contribution in [0.15, 0.2) is 23.6 Å². The Balaban J connectivity index is 2.42. The summed E-state index contributed by atoms with van der Waals surface area (Å²) < 4.78 is 32.0. The summed E-state index contributed by atoms with van der Waals surface area (Å²) in [6.07, 6.45) is 0.917. The smallest absolute Gasteiger partial charge is 0.160 e. The molecule has 1 unspecified atom stereocenters. The van der Waals surface area contributed by atoms with Gasteiger partial charge in [-0.05, 0) is 36.7 Å². The molecule has 0 spiro atoms. The fourth-order valence-corrected chi connectivity index (χ4v) is 3.21. The average molecular weight is 332 g/mol. The normalized spacial score (nSPS) is 12.4. The van der Waals surface area contributed by atoms with Crippen molar-refractivity contribution in [3.8, 4) is 5.75 Å². The van der Waals surface area contributed by atoms with Crippen LogP contribution in [0.3, 0.4) is 0 Å². The lowest BCUT2D eigenvalue weighted by molar-refractivity contribution is 0.416. The van der Waals surface area contributed by atoms with Gasteiger partial charge < -0.3 is 10.1 Å². The molecule has 21 heavy (non-hydrogen) atoms. The lowest BCUT2D eigenvalue weighted by Crippen LogP contribution is -2.23. The minimum absolute atomic E-state index is 0.204. The van der Waals surface area contributed by atoms with Gasteiger partial charge >= 0.3 is 0 Å². The van der Waals surface area contributed by atoms with Gasteiger partial charge in [0.2, 0.25) is 0 Å². The van der Waals surface area contributed by atoms with Gasteiger partial charge in [-0.2, -0.15) is 0 Å². The van der Waals surface area contributed by atoms with E-state index in [1.807, 2.05) is 18.4 Å². The van der Waals surface area contributed by atoms with Crippen molar-refractivity contribution >= 4 is 22.9 Å². The third-order valence-electron chi connectivity index (χ3n) is 3.06. The molecule has 114 valence electrons. The number of rotatable bonds is 6. The number of ether oxygens (including phenoxy) is 1. The van der Waals surface area contributed by atoms with Gasteiger partial charge in [-0.1, -0.05) is 18.5 Å². The first kappa shape index (κ1) is 16.2. The van der Waals surface area contributed by atoms with Crippen LogP contribution < -0.4 is 10.1 Å². The van der Waals surface area contributed by atoms with Gasteiger partial charge in [0.15, 0.2) is 11.6 Å². The summed E-state index contributed by atoms with van der Waals surface area (Å²) >= 11 is 7.58. The molecule has 0 radical (unpaired) electrons. The fourth-order valence-electron chi connectivity index (χ4n) is 2.00. The Morgan fingerprint density at radius 3 is 2.62 bits per heavy atom. The van der Waals surface area contributed by atoms with Crippen LogP contribution in [0.4, 0.5) is 8.78 Å². The molecule has 1 aromatic heterocycles. The predicted octanol–water partition coefficient (Wildman–Crippen LogP) is 4.78. The molecule has 2 nitrogen and oxygen atoms in total. The summed E-state index contributed by atoms with van der Waals surface area (Å²) in [5.74, 6) is -1.11. The molecule has 6 heteroatoms. The number of methoxy groups -OCH3 is 1. The topological polar surface area (TPSA) is 21.3 Å². The quantitative estimate of drug-likeness (QED) is 0.769. The van der Waals surface area contributed by atoms with Crippen LogP contribution in [0.1, 0.15) is 29.8 Å². The number of nitrogens with one attached hydrogen (secondary N) is 1. The van der Waals surface area contributed by atoms with Gasteiger partial charge in [-0.3, -0.25) is 0 Å². The highest BCUT2D eigenvalue weighted by Crippen LogP contribution is 2.35. The highest BCUT2D eigenvalue weighted by Gasteiger charge is 2.21. The van der Waals surface area contributed by atoms with Crippen molar-refractivity contribution in [1.29, 1.82) is 0 Å². The summed E-state index contributed by atoms with van der Waals surface area (Å²) in [7, 11) is 1.59. The maximum atomic E-state index is 13.5. The van der Waals surface area contributed by atoms with Gasteiger partial charge in [0.25, 0.3) is 0 Å². The summed E-state index contributed by atoms with van der Waals surface area (Å²) in [6.45, 7) is 2.77. The molecule has 1 atom stereocenters. The fraction of sp³-hybridized carbons (Fsp3) is 0.333. The summed E-state index contributed by atoms with van der Waals surface area (Å²) in [4.78, 5) is 0.938. The maximum absolute atomic E-state index is 13.5. The number of thiophene rings is 1. The first-order valence-corrected chi connectivity index (χ1v) is 7.82. The van der Waals surface area contributed by atoms with Crippen LogP contribution in [0.5, 0.6) is 5.75 Å². The molecular weight excluding hydrogens is 316 g/mol. The minimum Gasteiger partial charge on any atom is -0.496 e. The predicted molar refractivity (Wildman–Crippen MR) is 82.4 cm³/mol. The second-order valence-electron chi connectivity index (χ2n) is 4.56. The number of hydrogen-bond acceptors (Lipinski definition) is 3. The van der Waals surface area contributed by atoms with Gasteiger partial charge in [0.05, 0.1) is 13.2 Å². The van der Waals surface area contributed by atoms with E-state index in [2.05, 4.69) is 5.32 Å². The van der Waals surface area contributed by atoms with Crippen LogP contribution in [0.2, 0.25) is 5.02 Å². The zero-order valence-corrected chi connectivity index (χ0v) is 13.3. The van der Waals surface area contributed by atoms with Crippen molar-refractivity contribution in [3.05, 3.63) is 50.7 Å². The van der Waals surface area contributed by atoms with E-state index in [0.717, 1.165) is 35.7 Å². The van der Waals surface area contributed by atoms with Crippen LogP contribution in [-0.2, 0) is 0 Å². The van der Waals surface area contributed by atoms with Crippen molar-refractivity contribution in [2.45, 2.75) is 19.4 Å². The first-order valence-electron chi connectivity index (χ1n) is 6.57. The maximum Gasteiger partial charge on any atom is 0.160 e. The highest BCUT2D eigenvalue weighted by atomic mass is 35.5. The monoisotopic (exact) mass is 331 g/mol. The molecule has 2 aromatic rings. The van der Waals surface area contributed by atoms with Gasteiger partial charge in [-0.15, -0.1) is 11.3 Å². The van der Waals surface area contributed by atoms with E-state index in [1.54, 1.807) is 7.11 Å². The van der Waals surface area contributed by atoms with Crippen LogP contribution >= 0.6 is 22.9 Å². The Hall–Kier alpha value is -1.17.